The summed E-state index contributed by atoms with van der Waals surface area (Å²) in [6, 6.07) is 0. The van der Waals surface area contributed by atoms with Gasteiger partial charge in [-0.1, -0.05) is 0 Å². The van der Waals surface area contributed by atoms with E-state index in [9.17, 15) is 9.59 Å². The van der Waals surface area contributed by atoms with Crippen LogP contribution in [0.2, 0.25) is 0 Å². The first-order valence-electron chi connectivity index (χ1n) is 5.04. The highest BCUT2D eigenvalue weighted by molar-refractivity contribution is 5.72. The van der Waals surface area contributed by atoms with E-state index in [0.717, 1.165) is 25.7 Å². The van der Waals surface area contributed by atoms with E-state index in [1.54, 1.807) is 0 Å². The molecule has 1 N–H and O–H groups in total. The number of hydrogen-bond donors (Lipinski definition) is 1. The Hall–Kier alpha value is -1.10. The molecule has 1 rings (SSSR count). The molecule has 1 aliphatic carbocycles. The van der Waals surface area contributed by atoms with Crippen molar-refractivity contribution in [3.05, 3.63) is 0 Å². The molecule has 15 heavy (non-hydrogen) atoms. The molecule has 0 radical (unpaired) electrons. The molecular weight excluding hydrogens is 200 g/mol. The highest BCUT2D eigenvalue weighted by atomic mass is 16.5. The van der Waals surface area contributed by atoms with Crippen molar-refractivity contribution in [2.75, 3.05) is 13.7 Å². The van der Waals surface area contributed by atoms with E-state index in [-0.39, 0.29) is 24.6 Å². The number of methoxy groups -OCH3 is 1. The molecule has 0 spiro atoms. The average Bonchev–Trinajstić information content (AvgIpc) is 2.26. The van der Waals surface area contributed by atoms with Crippen molar-refractivity contribution in [1.29, 1.82) is 0 Å². The number of carboxylic acid groups (broad SMARTS) is 1. The van der Waals surface area contributed by atoms with Crippen LogP contribution < -0.4 is 0 Å². The standard InChI is InChI=1S/C10H16O5/c1-14-10(13)7-2-4-8(5-3-7)15-6-9(11)12/h7-8H,2-6H2,1H3,(H,11,12). The number of hydrogen-bond acceptors (Lipinski definition) is 4. The zero-order chi connectivity index (χ0) is 11.3. The zero-order valence-corrected chi connectivity index (χ0v) is 8.77. The fraction of sp³-hybridized carbons (Fsp3) is 0.800. The molecule has 0 amide bonds. The number of ether oxygens (including phenoxy) is 2. The van der Waals surface area contributed by atoms with Crippen LogP contribution in [0.25, 0.3) is 0 Å². The maximum atomic E-state index is 11.2. The maximum Gasteiger partial charge on any atom is 0.329 e. The summed E-state index contributed by atoms with van der Waals surface area (Å²) in [6.45, 7) is -0.256. The first-order valence-corrected chi connectivity index (χ1v) is 5.04. The Labute approximate surface area is 88.4 Å². The largest absolute Gasteiger partial charge is 0.480 e. The molecular formula is C10H16O5. The Morgan fingerprint density at radius 2 is 1.87 bits per heavy atom. The van der Waals surface area contributed by atoms with Crippen LogP contribution in [0, 0.1) is 5.92 Å². The SMILES string of the molecule is COC(=O)C1CCC(OCC(=O)O)CC1. The smallest absolute Gasteiger partial charge is 0.329 e. The van der Waals surface area contributed by atoms with Crippen molar-refractivity contribution in [3.63, 3.8) is 0 Å². The molecule has 1 aliphatic rings. The van der Waals surface area contributed by atoms with Gasteiger partial charge in [-0.25, -0.2) is 4.79 Å². The quantitative estimate of drug-likeness (QED) is 0.704. The van der Waals surface area contributed by atoms with Crippen LogP contribution in [0.15, 0.2) is 0 Å². The Balaban J connectivity index is 2.23. The first kappa shape index (κ1) is 12.0. The third kappa shape index (κ3) is 3.87. The van der Waals surface area contributed by atoms with Crippen LogP contribution >= 0.6 is 0 Å². The molecule has 1 fully saturated rings. The predicted molar refractivity (Wildman–Crippen MR) is 51.3 cm³/mol. The van der Waals surface area contributed by atoms with Crippen LogP contribution in [0.4, 0.5) is 0 Å². The third-order valence-corrected chi connectivity index (χ3v) is 2.65. The number of carboxylic acids is 1. The summed E-state index contributed by atoms with van der Waals surface area (Å²) in [5.74, 6) is -1.17. The fourth-order valence-corrected chi connectivity index (χ4v) is 1.82. The summed E-state index contributed by atoms with van der Waals surface area (Å²) in [7, 11) is 1.38. The summed E-state index contributed by atoms with van der Waals surface area (Å²) in [4.78, 5) is 21.4. The lowest BCUT2D eigenvalue weighted by Crippen LogP contribution is -2.28. The summed E-state index contributed by atoms with van der Waals surface area (Å²) < 4.78 is 9.80. The van der Waals surface area contributed by atoms with Gasteiger partial charge < -0.3 is 14.6 Å². The summed E-state index contributed by atoms with van der Waals surface area (Å²) in [5.41, 5.74) is 0. The topological polar surface area (TPSA) is 72.8 Å². The van der Waals surface area contributed by atoms with Gasteiger partial charge >= 0.3 is 11.9 Å². The maximum absolute atomic E-state index is 11.2. The Morgan fingerprint density at radius 1 is 1.27 bits per heavy atom. The number of aliphatic carboxylic acids is 1. The lowest BCUT2D eigenvalue weighted by molar-refractivity contribution is -0.150. The van der Waals surface area contributed by atoms with Gasteiger partial charge in [-0.15, -0.1) is 0 Å². The minimum Gasteiger partial charge on any atom is -0.480 e. The Morgan fingerprint density at radius 3 is 2.33 bits per heavy atom. The Bertz CT molecular complexity index is 230. The molecule has 0 saturated heterocycles. The van der Waals surface area contributed by atoms with E-state index < -0.39 is 5.97 Å². The molecule has 0 aromatic heterocycles. The van der Waals surface area contributed by atoms with Crippen LogP contribution in [-0.2, 0) is 19.1 Å². The van der Waals surface area contributed by atoms with Gasteiger partial charge in [0, 0.05) is 0 Å². The normalized spacial score (nSPS) is 25.9. The van der Waals surface area contributed by atoms with Crippen molar-refractivity contribution in [1.82, 2.24) is 0 Å². The molecule has 86 valence electrons. The van der Waals surface area contributed by atoms with E-state index in [1.165, 1.54) is 7.11 Å². The minimum absolute atomic E-state index is 0.0259. The van der Waals surface area contributed by atoms with Crippen molar-refractivity contribution in [2.45, 2.75) is 31.8 Å². The van der Waals surface area contributed by atoms with Crippen molar-refractivity contribution >= 4 is 11.9 Å². The second kappa shape index (κ2) is 5.70. The van der Waals surface area contributed by atoms with Crippen molar-refractivity contribution < 1.29 is 24.2 Å². The van der Waals surface area contributed by atoms with Gasteiger partial charge in [-0.2, -0.15) is 0 Å². The van der Waals surface area contributed by atoms with Crippen molar-refractivity contribution in [2.24, 2.45) is 5.92 Å². The molecule has 0 heterocycles. The summed E-state index contributed by atoms with van der Waals surface area (Å²) in [6.07, 6.45) is 2.87. The van der Waals surface area contributed by atoms with E-state index >= 15 is 0 Å². The van der Waals surface area contributed by atoms with Crippen LogP contribution in [0.1, 0.15) is 25.7 Å². The molecule has 0 aliphatic heterocycles. The van der Waals surface area contributed by atoms with Crippen LogP contribution in [0.3, 0.4) is 0 Å². The fourth-order valence-electron chi connectivity index (χ4n) is 1.82. The second-order valence-electron chi connectivity index (χ2n) is 3.70. The zero-order valence-electron chi connectivity index (χ0n) is 8.77. The van der Waals surface area contributed by atoms with E-state index in [4.69, 9.17) is 9.84 Å². The van der Waals surface area contributed by atoms with Gasteiger partial charge in [0.25, 0.3) is 0 Å². The monoisotopic (exact) mass is 216 g/mol. The molecule has 0 bridgehead atoms. The highest BCUT2D eigenvalue weighted by Crippen LogP contribution is 2.26. The lowest BCUT2D eigenvalue weighted by atomic mass is 9.87. The average molecular weight is 216 g/mol. The van der Waals surface area contributed by atoms with Gasteiger partial charge in [0.05, 0.1) is 19.1 Å². The number of rotatable bonds is 4. The van der Waals surface area contributed by atoms with Gasteiger partial charge in [-0.05, 0) is 25.7 Å². The lowest BCUT2D eigenvalue weighted by Gasteiger charge is -2.26. The molecule has 0 unspecified atom stereocenters. The van der Waals surface area contributed by atoms with Crippen LogP contribution in [-0.4, -0.2) is 36.9 Å². The van der Waals surface area contributed by atoms with E-state index in [2.05, 4.69) is 4.74 Å². The second-order valence-corrected chi connectivity index (χ2v) is 3.70. The van der Waals surface area contributed by atoms with Crippen LogP contribution in [0.5, 0.6) is 0 Å². The van der Waals surface area contributed by atoms with Gasteiger partial charge in [0.1, 0.15) is 6.61 Å². The molecule has 0 aromatic rings. The van der Waals surface area contributed by atoms with Gasteiger partial charge in [-0.3, -0.25) is 4.79 Å². The number of carbonyl (C=O) groups is 2. The van der Waals surface area contributed by atoms with E-state index in [0.29, 0.717) is 0 Å². The molecule has 5 nitrogen and oxygen atoms in total. The molecule has 5 heteroatoms. The summed E-state index contributed by atoms with van der Waals surface area (Å²) in [5, 5.41) is 8.42. The first-order chi connectivity index (χ1) is 7.13. The van der Waals surface area contributed by atoms with Gasteiger partial charge in [0.2, 0.25) is 0 Å². The Kier molecular flexibility index (Phi) is 4.55. The molecule has 1 saturated carbocycles. The minimum atomic E-state index is -0.954. The molecule has 0 aromatic carbocycles. The summed E-state index contributed by atoms with van der Waals surface area (Å²) >= 11 is 0. The van der Waals surface area contributed by atoms with Gasteiger partial charge in [0.15, 0.2) is 0 Å². The number of carbonyl (C=O) groups excluding carboxylic acids is 1. The van der Waals surface area contributed by atoms with Crippen molar-refractivity contribution in [3.8, 4) is 0 Å². The van der Waals surface area contributed by atoms with E-state index in [1.807, 2.05) is 0 Å². The molecule has 0 atom stereocenters. The highest BCUT2D eigenvalue weighted by Gasteiger charge is 2.27. The third-order valence-electron chi connectivity index (χ3n) is 2.65. The number of esters is 1. The predicted octanol–water partition coefficient (Wildman–Crippen LogP) is 0.819.